The van der Waals surface area contributed by atoms with Crippen LogP contribution < -0.4 is 5.32 Å². The summed E-state index contributed by atoms with van der Waals surface area (Å²) in [5.41, 5.74) is 4.75. The van der Waals surface area contributed by atoms with Crippen LogP contribution in [0, 0.1) is 13.8 Å². The lowest BCUT2D eigenvalue weighted by atomic mass is 9.95. The fourth-order valence-electron chi connectivity index (χ4n) is 4.16. The van der Waals surface area contributed by atoms with Crippen molar-refractivity contribution in [2.75, 3.05) is 5.32 Å². The third kappa shape index (κ3) is 3.48. The molecule has 0 spiro atoms. The van der Waals surface area contributed by atoms with Crippen molar-refractivity contribution in [3.63, 3.8) is 0 Å². The number of hydrogen-bond donors (Lipinski definition) is 1. The van der Waals surface area contributed by atoms with E-state index < -0.39 is 0 Å². The maximum atomic E-state index is 12.7. The molecule has 1 N–H and O–H groups in total. The molecule has 1 saturated carbocycles. The molecular weight excluding hydrogens is 338 g/mol. The number of imidazole rings is 1. The summed E-state index contributed by atoms with van der Waals surface area (Å²) in [5, 5.41) is 7.43. The van der Waals surface area contributed by atoms with Crippen LogP contribution in [0.2, 0.25) is 0 Å². The van der Waals surface area contributed by atoms with Gasteiger partial charge in [-0.05, 0) is 57.9 Å². The van der Waals surface area contributed by atoms with Crippen molar-refractivity contribution < 1.29 is 4.79 Å². The van der Waals surface area contributed by atoms with E-state index in [1.807, 2.05) is 45.3 Å². The highest BCUT2D eigenvalue weighted by Gasteiger charge is 2.20. The summed E-state index contributed by atoms with van der Waals surface area (Å²) in [4.78, 5) is 17.2. The minimum absolute atomic E-state index is 0.0766. The zero-order chi connectivity index (χ0) is 19.0. The van der Waals surface area contributed by atoms with Crippen LogP contribution in [0.3, 0.4) is 0 Å². The van der Waals surface area contributed by atoms with Gasteiger partial charge in [0.25, 0.3) is 0 Å². The Morgan fingerprint density at radius 3 is 2.67 bits per heavy atom. The first-order chi connectivity index (χ1) is 13.0. The third-order valence-electron chi connectivity index (χ3n) is 5.60. The predicted molar refractivity (Wildman–Crippen MR) is 107 cm³/mol. The molecule has 6 nitrogen and oxygen atoms in total. The maximum Gasteiger partial charge on any atom is 0.248 e. The number of hydrogen-bond acceptors (Lipinski definition) is 3. The highest BCUT2D eigenvalue weighted by Crippen LogP contribution is 2.31. The van der Waals surface area contributed by atoms with E-state index in [-0.39, 0.29) is 11.9 Å². The molecule has 3 aromatic rings. The van der Waals surface area contributed by atoms with Gasteiger partial charge in [0.2, 0.25) is 5.91 Å². The molecule has 2 heterocycles. The summed E-state index contributed by atoms with van der Waals surface area (Å²) in [6.07, 6.45) is 8.33. The second-order valence-corrected chi connectivity index (χ2v) is 7.68. The van der Waals surface area contributed by atoms with E-state index in [9.17, 15) is 4.79 Å². The van der Waals surface area contributed by atoms with E-state index >= 15 is 0 Å². The van der Waals surface area contributed by atoms with Gasteiger partial charge in [-0.2, -0.15) is 5.10 Å². The molecule has 0 bridgehead atoms. The minimum Gasteiger partial charge on any atom is -0.327 e. The number of benzene rings is 1. The molecule has 0 saturated heterocycles. The van der Waals surface area contributed by atoms with Crippen LogP contribution >= 0.6 is 0 Å². The molecule has 0 radical (unpaired) electrons. The number of rotatable bonds is 4. The second kappa shape index (κ2) is 7.18. The fourth-order valence-corrected chi connectivity index (χ4v) is 4.16. The van der Waals surface area contributed by atoms with Crippen LogP contribution in [-0.4, -0.2) is 25.2 Å². The Kier molecular flexibility index (Phi) is 4.72. The summed E-state index contributed by atoms with van der Waals surface area (Å²) in [5.74, 6) is -0.0766. The Morgan fingerprint density at radius 2 is 1.96 bits per heavy atom. The minimum atomic E-state index is -0.366. The molecular formula is C21H27N5O. The Hall–Kier alpha value is -2.63. The quantitative estimate of drug-likeness (QED) is 0.737. The normalized spacial score (nSPS) is 16.6. The Morgan fingerprint density at radius 1 is 1.19 bits per heavy atom. The van der Waals surface area contributed by atoms with Crippen LogP contribution in [0.15, 0.2) is 30.6 Å². The molecule has 1 aliphatic rings. The molecule has 1 fully saturated rings. The van der Waals surface area contributed by atoms with E-state index in [2.05, 4.69) is 26.0 Å². The van der Waals surface area contributed by atoms with Crippen molar-refractivity contribution in [2.45, 2.75) is 65.0 Å². The molecule has 6 heteroatoms. The lowest BCUT2D eigenvalue weighted by Gasteiger charge is -2.23. The summed E-state index contributed by atoms with van der Waals surface area (Å²) in [6.45, 7) is 5.77. The number of carbonyl (C=O) groups is 1. The van der Waals surface area contributed by atoms with Gasteiger partial charge >= 0.3 is 0 Å². The molecule has 1 atom stereocenters. The van der Waals surface area contributed by atoms with Crippen LogP contribution in [0.1, 0.15) is 62.5 Å². The van der Waals surface area contributed by atoms with Crippen molar-refractivity contribution in [1.29, 1.82) is 0 Å². The zero-order valence-corrected chi connectivity index (χ0v) is 16.3. The monoisotopic (exact) mass is 365 g/mol. The Balaban J connectivity index is 1.52. The lowest BCUT2D eigenvalue weighted by molar-refractivity contribution is -0.119. The maximum absolute atomic E-state index is 12.7. The average molecular weight is 365 g/mol. The van der Waals surface area contributed by atoms with E-state index in [0.29, 0.717) is 6.04 Å². The summed E-state index contributed by atoms with van der Waals surface area (Å²) in [7, 11) is 0. The molecule has 1 aromatic carbocycles. The largest absolute Gasteiger partial charge is 0.327 e. The van der Waals surface area contributed by atoms with E-state index in [1.54, 1.807) is 4.68 Å². The number of carbonyl (C=O) groups excluding carboxylic acids is 1. The number of aryl methyl sites for hydroxylation is 2. The highest BCUT2D eigenvalue weighted by atomic mass is 16.2. The van der Waals surface area contributed by atoms with Crippen molar-refractivity contribution in [3.8, 4) is 0 Å². The molecule has 1 aliphatic carbocycles. The van der Waals surface area contributed by atoms with Gasteiger partial charge in [-0.15, -0.1) is 0 Å². The number of nitrogens with one attached hydrogen (secondary N) is 1. The van der Waals surface area contributed by atoms with Crippen molar-refractivity contribution >= 4 is 22.6 Å². The van der Waals surface area contributed by atoms with Crippen LogP contribution in [0.5, 0.6) is 0 Å². The zero-order valence-electron chi connectivity index (χ0n) is 16.3. The van der Waals surface area contributed by atoms with Crippen molar-refractivity contribution in [3.05, 3.63) is 42.0 Å². The fraction of sp³-hybridized carbons (Fsp3) is 0.476. The van der Waals surface area contributed by atoms with Crippen molar-refractivity contribution in [2.24, 2.45) is 0 Å². The van der Waals surface area contributed by atoms with Gasteiger partial charge in [-0.25, -0.2) is 4.98 Å². The number of nitrogens with zero attached hydrogens (tertiary/aromatic N) is 4. The SMILES string of the molecule is Cc1cc(C)n(C(C)C(=O)Nc2ccc3c(c2)ncn3C2CCCCC2)n1. The first kappa shape index (κ1) is 17.8. The Bertz CT molecular complexity index is 964. The molecule has 142 valence electrons. The van der Waals surface area contributed by atoms with Gasteiger partial charge in [0.15, 0.2) is 0 Å². The van der Waals surface area contributed by atoms with Crippen LogP contribution in [0.4, 0.5) is 5.69 Å². The molecule has 1 amide bonds. The summed E-state index contributed by atoms with van der Waals surface area (Å²) in [6, 6.07) is 8.16. The number of fused-ring (bicyclic) bond motifs is 1. The van der Waals surface area contributed by atoms with E-state index in [0.717, 1.165) is 28.1 Å². The number of aromatic nitrogens is 4. The highest BCUT2D eigenvalue weighted by molar-refractivity contribution is 5.95. The molecule has 1 unspecified atom stereocenters. The Labute approximate surface area is 159 Å². The van der Waals surface area contributed by atoms with Gasteiger partial charge in [-0.3, -0.25) is 9.48 Å². The van der Waals surface area contributed by atoms with Crippen molar-refractivity contribution in [1.82, 2.24) is 19.3 Å². The third-order valence-corrected chi connectivity index (χ3v) is 5.60. The van der Waals surface area contributed by atoms with Gasteiger partial charge in [0, 0.05) is 17.4 Å². The first-order valence-corrected chi connectivity index (χ1v) is 9.83. The summed E-state index contributed by atoms with van der Waals surface area (Å²) < 4.78 is 4.07. The predicted octanol–water partition coefficient (Wildman–Crippen LogP) is 4.55. The van der Waals surface area contributed by atoms with Gasteiger partial charge < -0.3 is 9.88 Å². The number of amides is 1. The standard InChI is InChI=1S/C21H27N5O/c1-14-11-15(2)26(24-14)16(3)21(27)23-17-9-10-20-19(12-17)22-13-25(20)18-7-5-4-6-8-18/h9-13,16,18H,4-8H2,1-3H3,(H,23,27). The number of anilines is 1. The summed E-state index contributed by atoms with van der Waals surface area (Å²) >= 11 is 0. The van der Waals surface area contributed by atoms with Gasteiger partial charge in [0.05, 0.1) is 23.1 Å². The van der Waals surface area contributed by atoms with E-state index in [4.69, 9.17) is 0 Å². The average Bonchev–Trinajstić information content (AvgIpc) is 3.24. The second-order valence-electron chi connectivity index (χ2n) is 7.68. The van der Waals surface area contributed by atoms with Crippen LogP contribution in [0.25, 0.3) is 11.0 Å². The topological polar surface area (TPSA) is 64.7 Å². The lowest BCUT2D eigenvalue weighted by Crippen LogP contribution is -2.25. The molecule has 4 rings (SSSR count). The first-order valence-electron chi connectivity index (χ1n) is 9.83. The smallest absolute Gasteiger partial charge is 0.248 e. The molecule has 2 aromatic heterocycles. The molecule has 27 heavy (non-hydrogen) atoms. The van der Waals surface area contributed by atoms with Crippen LogP contribution in [-0.2, 0) is 4.79 Å². The molecule has 0 aliphatic heterocycles. The van der Waals surface area contributed by atoms with Gasteiger partial charge in [0.1, 0.15) is 6.04 Å². The van der Waals surface area contributed by atoms with E-state index in [1.165, 1.54) is 32.1 Å². The van der Waals surface area contributed by atoms with Gasteiger partial charge in [-0.1, -0.05) is 19.3 Å².